The molecule has 5 nitrogen and oxygen atoms in total. The number of halogens is 3. The molecule has 1 saturated heterocycles. The van der Waals surface area contributed by atoms with E-state index in [2.05, 4.69) is 4.98 Å². The van der Waals surface area contributed by atoms with Crippen LogP contribution in [0.2, 0.25) is 0 Å². The van der Waals surface area contributed by atoms with Crippen LogP contribution >= 0.6 is 0 Å². The molecule has 1 amide bonds. The highest BCUT2D eigenvalue weighted by Crippen LogP contribution is 2.32. The first-order chi connectivity index (χ1) is 14.3. The molecule has 0 saturated carbocycles. The van der Waals surface area contributed by atoms with Gasteiger partial charge in [0.2, 0.25) is 0 Å². The third-order valence-electron chi connectivity index (χ3n) is 5.36. The number of benzene rings is 1. The quantitative estimate of drug-likeness (QED) is 0.636. The first kappa shape index (κ1) is 20.1. The van der Waals surface area contributed by atoms with E-state index in [0.717, 1.165) is 41.9 Å². The van der Waals surface area contributed by atoms with Gasteiger partial charge in [-0.3, -0.25) is 9.78 Å². The summed E-state index contributed by atoms with van der Waals surface area (Å²) in [6.07, 6.45) is 1.11. The smallest absolute Gasteiger partial charge is 0.330 e. The number of pyridine rings is 1. The van der Waals surface area contributed by atoms with Gasteiger partial charge >= 0.3 is 6.18 Å². The molecule has 0 bridgehead atoms. The van der Waals surface area contributed by atoms with Crippen LogP contribution in [0, 0.1) is 0 Å². The number of carbonyl (C=O) groups is 1. The van der Waals surface area contributed by atoms with E-state index in [1.54, 1.807) is 28.9 Å². The lowest BCUT2D eigenvalue weighted by molar-refractivity contribution is -0.137. The van der Waals surface area contributed by atoms with Crippen molar-refractivity contribution in [2.24, 2.45) is 7.05 Å². The number of nitrogens with zero attached hydrogens (tertiary/aromatic N) is 4. The van der Waals surface area contributed by atoms with E-state index < -0.39 is 11.7 Å². The number of imidazole rings is 1. The summed E-state index contributed by atoms with van der Waals surface area (Å²) in [5, 5.41) is 0. The van der Waals surface area contributed by atoms with E-state index in [0.29, 0.717) is 18.8 Å². The number of rotatable bonds is 4. The molecule has 3 heterocycles. The fourth-order valence-electron chi connectivity index (χ4n) is 3.82. The van der Waals surface area contributed by atoms with E-state index in [-0.39, 0.29) is 11.9 Å². The Balaban J connectivity index is 1.53. The van der Waals surface area contributed by atoms with Gasteiger partial charge in [0.1, 0.15) is 0 Å². The van der Waals surface area contributed by atoms with Crippen molar-refractivity contribution in [2.75, 3.05) is 6.54 Å². The molecule has 1 fully saturated rings. The predicted molar refractivity (Wildman–Crippen MR) is 105 cm³/mol. The molecule has 30 heavy (non-hydrogen) atoms. The van der Waals surface area contributed by atoms with Gasteiger partial charge in [0.25, 0.3) is 5.91 Å². The van der Waals surface area contributed by atoms with Gasteiger partial charge in [-0.15, -0.1) is 0 Å². The van der Waals surface area contributed by atoms with E-state index in [1.807, 2.05) is 18.2 Å². The number of hydrogen-bond donors (Lipinski definition) is 0. The maximum Gasteiger partial charge on any atom is 0.416 e. The van der Waals surface area contributed by atoms with Gasteiger partial charge in [0.15, 0.2) is 5.82 Å². The van der Waals surface area contributed by atoms with E-state index in [1.165, 1.54) is 12.1 Å². The number of likely N-dealkylation sites (tertiary alicyclic amines) is 1. The molecular weight excluding hydrogens is 393 g/mol. The lowest BCUT2D eigenvalue weighted by Crippen LogP contribution is -2.32. The summed E-state index contributed by atoms with van der Waals surface area (Å²) >= 11 is 0. The molecule has 1 aromatic carbocycles. The van der Waals surface area contributed by atoms with Gasteiger partial charge in [-0.25, -0.2) is 4.98 Å². The molecule has 0 spiro atoms. The van der Waals surface area contributed by atoms with Gasteiger partial charge in [-0.2, -0.15) is 13.2 Å². The summed E-state index contributed by atoms with van der Waals surface area (Å²) in [7, 11) is 1.79. The molecule has 2 aromatic heterocycles. The van der Waals surface area contributed by atoms with Crippen LogP contribution in [0.1, 0.15) is 52.0 Å². The second kappa shape index (κ2) is 7.93. The zero-order valence-corrected chi connectivity index (χ0v) is 16.4. The average molecular weight is 414 g/mol. The minimum atomic E-state index is -4.34. The minimum absolute atomic E-state index is 0.125. The van der Waals surface area contributed by atoms with Crippen molar-refractivity contribution >= 4 is 5.91 Å². The van der Waals surface area contributed by atoms with Crippen LogP contribution in [0.3, 0.4) is 0 Å². The standard InChI is InChI=1S/C22H21F3N4O/c1-28-13-11-26-20(28)21(30)29-12-3-6-19(29)18-5-2-4-17(27-18)14-15-7-9-16(10-8-15)22(23,24)25/h2,4-5,7-11,13,19H,3,6,12,14H2,1H3/t19-/m0/s1. The summed E-state index contributed by atoms with van der Waals surface area (Å²) in [6, 6.07) is 10.6. The lowest BCUT2D eigenvalue weighted by atomic mass is 10.1. The van der Waals surface area contributed by atoms with Crippen LogP contribution in [-0.4, -0.2) is 31.9 Å². The third kappa shape index (κ3) is 4.08. The van der Waals surface area contributed by atoms with Crippen LogP contribution in [0.25, 0.3) is 0 Å². The Morgan fingerprint density at radius 3 is 2.60 bits per heavy atom. The number of aryl methyl sites for hydroxylation is 1. The second-order valence-electron chi connectivity index (χ2n) is 7.44. The normalized spacial score (nSPS) is 16.8. The van der Waals surface area contributed by atoms with E-state index in [4.69, 9.17) is 4.98 Å². The first-order valence-electron chi connectivity index (χ1n) is 9.73. The fourth-order valence-corrected chi connectivity index (χ4v) is 3.82. The molecule has 1 aliphatic heterocycles. The minimum Gasteiger partial charge on any atom is -0.330 e. The zero-order valence-electron chi connectivity index (χ0n) is 16.4. The van der Waals surface area contributed by atoms with Crippen LogP contribution in [0.15, 0.2) is 54.9 Å². The zero-order chi connectivity index (χ0) is 21.3. The maximum atomic E-state index is 12.9. The Labute approximate surface area is 172 Å². The van der Waals surface area contributed by atoms with Crippen molar-refractivity contribution in [3.8, 4) is 0 Å². The fraction of sp³-hybridized carbons (Fsp3) is 0.318. The summed E-state index contributed by atoms with van der Waals surface area (Å²) in [4.78, 5) is 23.6. The molecule has 0 aliphatic carbocycles. The van der Waals surface area contributed by atoms with Crippen molar-refractivity contribution in [2.45, 2.75) is 31.5 Å². The number of carbonyl (C=O) groups excluding carboxylic acids is 1. The molecule has 8 heteroatoms. The van der Waals surface area contributed by atoms with Crippen molar-refractivity contribution in [3.05, 3.63) is 83.2 Å². The van der Waals surface area contributed by atoms with Gasteiger partial charge in [0.05, 0.1) is 17.3 Å². The maximum absolute atomic E-state index is 12.9. The number of amides is 1. The predicted octanol–water partition coefficient (Wildman–Crippen LogP) is 4.40. The second-order valence-corrected chi connectivity index (χ2v) is 7.44. The topological polar surface area (TPSA) is 51.0 Å². The van der Waals surface area contributed by atoms with Crippen molar-refractivity contribution in [3.63, 3.8) is 0 Å². The van der Waals surface area contributed by atoms with Gasteiger partial charge in [-0.1, -0.05) is 18.2 Å². The lowest BCUT2D eigenvalue weighted by Gasteiger charge is -2.24. The summed E-state index contributed by atoms with van der Waals surface area (Å²) < 4.78 is 40.0. The molecule has 0 radical (unpaired) electrons. The molecule has 4 rings (SSSR count). The average Bonchev–Trinajstić information content (AvgIpc) is 3.36. The Kier molecular flexibility index (Phi) is 5.32. The number of alkyl halides is 3. The van der Waals surface area contributed by atoms with Crippen LogP contribution in [0.5, 0.6) is 0 Å². The Morgan fingerprint density at radius 1 is 1.17 bits per heavy atom. The summed E-state index contributed by atoms with van der Waals surface area (Å²) in [6.45, 7) is 0.640. The van der Waals surface area contributed by atoms with Crippen molar-refractivity contribution in [1.29, 1.82) is 0 Å². The molecule has 0 N–H and O–H groups in total. The van der Waals surface area contributed by atoms with Gasteiger partial charge < -0.3 is 9.47 Å². The highest BCUT2D eigenvalue weighted by atomic mass is 19.4. The van der Waals surface area contributed by atoms with Gasteiger partial charge in [-0.05, 0) is 42.7 Å². The SMILES string of the molecule is Cn1ccnc1C(=O)N1CCC[C@H]1c1cccc(Cc2ccc(C(F)(F)F)cc2)n1. The van der Waals surface area contributed by atoms with E-state index in [9.17, 15) is 18.0 Å². The van der Waals surface area contributed by atoms with Crippen LogP contribution < -0.4 is 0 Å². The largest absolute Gasteiger partial charge is 0.416 e. The highest BCUT2D eigenvalue weighted by Gasteiger charge is 2.33. The van der Waals surface area contributed by atoms with Crippen molar-refractivity contribution in [1.82, 2.24) is 19.4 Å². The highest BCUT2D eigenvalue weighted by molar-refractivity contribution is 5.91. The Hall–Kier alpha value is -3.16. The molecular formula is C22H21F3N4O. The van der Waals surface area contributed by atoms with Gasteiger partial charge in [0, 0.05) is 38.1 Å². The molecule has 0 unspecified atom stereocenters. The Bertz CT molecular complexity index is 1040. The number of hydrogen-bond acceptors (Lipinski definition) is 3. The molecule has 156 valence electrons. The third-order valence-corrected chi connectivity index (χ3v) is 5.36. The Morgan fingerprint density at radius 2 is 1.93 bits per heavy atom. The van der Waals surface area contributed by atoms with Crippen LogP contribution in [-0.2, 0) is 19.6 Å². The summed E-state index contributed by atoms with van der Waals surface area (Å²) in [5.74, 6) is 0.266. The molecule has 1 atom stereocenters. The molecule has 3 aromatic rings. The van der Waals surface area contributed by atoms with Crippen LogP contribution in [0.4, 0.5) is 13.2 Å². The van der Waals surface area contributed by atoms with E-state index >= 15 is 0 Å². The monoisotopic (exact) mass is 414 g/mol. The number of aromatic nitrogens is 3. The summed E-state index contributed by atoms with van der Waals surface area (Å²) in [5.41, 5.74) is 1.63. The first-order valence-corrected chi connectivity index (χ1v) is 9.73. The van der Waals surface area contributed by atoms with Crippen molar-refractivity contribution < 1.29 is 18.0 Å². The molecule has 1 aliphatic rings.